The number of piperazine rings is 1. The molecule has 2 aromatic carbocycles. The fraction of sp³-hybridized carbons (Fsp3) is 0.318. The van der Waals surface area contributed by atoms with Crippen molar-refractivity contribution in [1.29, 1.82) is 0 Å². The number of hydrogen-bond donors (Lipinski definition) is 0. The van der Waals surface area contributed by atoms with E-state index in [1.165, 1.54) is 0 Å². The molecule has 1 aromatic heterocycles. The molecule has 0 spiro atoms. The van der Waals surface area contributed by atoms with Gasteiger partial charge in [-0.15, -0.1) is 0 Å². The second kappa shape index (κ2) is 8.44. The van der Waals surface area contributed by atoms with E-state index >= 15 is 0 Å². The van der Waals surface area contributed by atoms with Crippen LogP contribution in [-0.4, -0.2) is 68.3 Å². The van der Waals surface area contributed by atoms with Crippen LogP contribution in [0.1, 0.15) is 0 Å². The number of rotatable bonds is 4. The Kier molecular flexibility index (Phi) is 5.56. The predicted molar refractivity (Wildman–Crippen MR) is 117 cm³/mol. The van der Waals surface area contributed by atoms with Crippen LogP contribution in [0, 0.1) is 0 Å². The maximum Gasteiger partial charge on any atom is 0.324 e. The maximum atomic E-state index is 12.9. The van der Waals surface area contributed by atoms with Gasteiger partial charge in [0.05, 0.1) is 19.7 Å². The zero-order valence-electron chi connectivity index (χ0n) is 17.4. The SMILES string of the molecule is COc1cc2ncnc(N3CCN(C(=O)N(C)c4ccccc4)CC3)c2cc1OC. The lowest BCUT2D eigenvalue weighted by atomic mass is 10.2. The van der Waals surface area contributed by atoms with Gasteiger partial charge in [0.25, 0.3) is 0 Å². The third-order valence-corrected chi connectivity index (χ3v) is 5.40. The Morgan fingerprint density at radius 2 is 1.63 bits per heavy atom. The Bertz CT molecular complexity index is 1040. The van der Waals surface area contributed by atoms with Crippen LogP contribution >= 0.6 is 0 Å². The van der Waals surface area contributed by atoms with E-state index in [-0.39, 0.29) is 6.03 Å². The van der Waals surface area contributed by atoms with E-state index in [0.717, 1.165) is 22.4 Å². The molecule has 4 rings (SSSR count). The van der Waals surface area contributed by atoms with Gasteiger partial charge in [-0.2, -0.15) is 0 Å². The average molecular weight is 407 g/mol. The summed E-state index contributed by atoms with van der Waals surface area (Å²) in [7, 11) is 5.02. The number of nitrogens with zero attached hydrogens (tertiary/aromatic N) is 5. The zero-order valence-corrected chi connectivity index (χ0v) is 17.4. The minimum absolute atomic E-state index is 0.000184. The van der Waals surface area contributed by atoms with E-state index in [1.807, 2.05) is 54.4 Å². The first-order chi connectivity index (χ1) is 14.6. The van der Waals surface area contributed by atoms with E-state index in [4.69, 9.17) is 9.47 Å². The molecule has 2 heterocycles. The lowest BCUT2D eigenvalue weighted by molar-refractivity contribution is 0.202. The molecule has 0 bridgehead atoms. The lowest BCUT2D eigenvalue weighted by Crippen LogP contribution is -2.52. The largest absolute Gasteiger partial charge is 0.493 e. The van der Waals surface area contributed by atoms with Crippen LogP contribution in [-0.2, 0) is 0 Å². The number of para-hydroxylation sites is 1. The topological polar surface area (TPSA) is 71.0 Å². The van der Waals surface area contributed by atoms with E-state index in [0.29, 0.717) is 37.7 Å². The Balaban J connectivity index is 1.51. The molecule has 0 N–H and O–H groups in total. The van der Waals surface area contributed by atoms with Gasteiger partial charge in [-0.05, 0) is 18.2 Å². The highest BCUT2D eigenvalue weighted by atomic mass is 16.5. The van der Waals surface area contributed by atoms with Crippen molar-refractivity contribution in [3.8, 4) is 11.5 Å². The summed E-state index contributed by atoms with van der Waals surface area (Å²) < 4.78 is 10.8. The number of urea groups is 1. The standard InChI is InChI=1S/C22H25N5O3/c1-25(16-7-5-4-6-8-16)22(28)27-11-9-26(10-12-27)21-17-13-19(29-2)20(30-3)14-18(17)23-15-24-21/h4-8,13-15H,9-12H2,1-3H3. The van der Waals surface area contributed by atoms with Gasteiger partial charge in [-0.3, -0.25) is 4.90 Å². The van der Waals surface area contributed by atoms with Crippen molar-refractivity contribution in [2.24, 2.45) is 0 Å². The first kappa shape index (κ1) is 19.8. The molecule has 0 aliphatic carbocycles. The Hall–Kier alpha value is -3.55. The highest BCUT2D eigenvalue weighted by molar-refractivity contribution is 5.93. The average Bonchev–Trinajstić information content (AvgIpc) is 2.82. The number of amides is 2. The van der Waals surface area contributed by atoms with Crippen molar-refractivity contribution in [2.45, 2.75) is 0 Å². The number of benzene rings is 2. The molecule has 8 nitrogen and oxygen atoms in total. The first-order valence-electron chi connectivity index (χ1n) is 9.81. The number of anilines is 2. The number of carbonyl (C=O) groups is 1. The number of hydrogen-bond acceptors (Lipinski definition) is 6. The summed E-state index contributed by atoms with van der Waals surface area (Å²) in [6, 6.07) is 13.4. The van der Waals surface area contributed by atoms with Crippen LogP contribution in [0.15, 0.2) is 48.8 Å². The lowest BCUT2D eigenvalue weighted by Gasteiger charge is -2.37. The second-order valence-electron chi connectivity index (χ2n) is 7.07. The summed E-state index contributed by atoms with van der Waals surface area (Å²) in [4.78, 5) is 27.5. The van der Waals surface area contributed by atoms with Gasteiger partial charge >= 0.3 is 6.03 Å². The van der Waals surface area contributed by atoms with Crippen LogP contribution in [0.25, 0.3) is 10.9 Å². The van der Waals surface area contributed by atoms with Crippen LogP contribution < -0.4 is 19.3 Å². The van der Waals surface area contributed by atoms with Crippen molar-refractivity contribution in [3.05, 3.63) is 48.8 Å². The van der Waals surface area contributed by atoms with Crippen molar-refractivity contribution < 1.29 is 14.3 Å². The first-order valence-corrected chi connectivity index (χ1v) is 9.81. The molecule has 0 atom stereocenters. The molecule has 3 aromatic rings. The molecular formula is C22H25N5O3. The number of methoxy groups -OCH3 is 2. The van der Waals surface area contributed by atoms with Gasteiger partial charge in [0.1, 0.15) is 12.1 Å². The van der Waals surface area contributed by atoms with E-state index < -0.39 is 0 Å². The normalized spacial score (nSPS) is 14.0. The summed E-state index contributed by atoms with van der Waals surface area (Å²) in [5.41, 5.74) is 1.67. The van der Waals surface area contributed by atoms with Gasteiger partial charge in [0.2, 0.25) is 0 Å². The third kappa shape index (κ3) is 3.68. The smallest absolute Gasteiger partial charge is 0.324 e. The molecule has 0 saturated carbocycles. The molecule has 30 heavy (non-hydrogen) atoms. The van der Waals surface area contributed by atoms with Crippen molar-refractivity contribution in [1.82, 2.24) is 14.9 Å². The van der Waals surface area contributed by atoms with E-state index in [2.05, 4.69) is 14.9 Å². The summed E-state index contributed by atoms with van der Waals surface area (Å²) in [5, 5.41) is 0.899. The van der Waals surface area contributed by atoms with Crippen LogP contribution in [0.2, 0.25) is 0 Å². The highest BCUT2D eigenvalue weighted by Gasteiger charge is 2.26. The number of fused-ring (bicyclic) bond motifs is 1. The Morgan fingerprint density at radius 1 is 0.967 bits per heavy atom. The second-order valence-corrected chi connectivity index (χ2v) is 7.07. The number of carbonyl (C=O) groups excluding carboxylic acids is 1. The molecule has 0 unspecified atom stereocenters. The van der Waals surface area contributed by atoms with Crippen LogP contribution in [0.3, 0.4) is 0 Å². The molecular weight excluding hydrogens is 382 g/mol. The molecule has 1 fully saturated rings. The van der Waals surface area contributed by atoms with Gasteiger partial charge in [0.15, 0.2) is 11.5 Å². The Morgan fingerprint density at radius 3 is 2.30 bits per heavy atom. The number of aromatic nitrogens is 2. The number of ether oxygens (including phenoxy) is 2. The molecule has 1 saturated heterocycles. The molecule has 156 valence electrons. The maximum absolute atomic E-state index is 12.9. The van der Waals surface area contributed by atoms with Gasteiger partial charge in [-0.1, -0.05) is 18.2 Å². The molecule has 8 heteroatoms. The predicted octanol–water partition coefficient (Wildman–Crippen LogP) is 3.03. The summed E-state index contributed by atoms with van der Waals surface area (Å²) in [5.74, 6) is 2.11. The molecule has 1 aliphatic rings. The zero-order chi connectivity index (χ0) is 21.1. The third-order valence-electron chi connectivity index (χ3n) is 5.40. The fourth-order valence-electron chi connectivity index (χ4n) is 3.71. The molecule has 2 amide bonds. The quantitative estimate of drug-likeness (QED) is 0.662. The highest BCUT2D eigenvalue weighted by Crippen LogP contribution is 2.35. The van der Waals surface area contributed by atoms with E-state index in [9.17, 15) is 4.79 Å². The Labute approximate surface area is 175 Å². The molecule has 1 aliphatic heterocycles. The fourth-order valence-corrected chi connectivity index (χ4v) is 3.71. The van der Waals surface area contributed by atoms with Gasteiger partial charge < -0.3 is 19.3 Å². The van der Waals surface area contributed by atoms with Crippen molar-refractivity contribution in [2.75, 3.05) is 57.2 Å². The summed E-state index contributed by atoms with van der Waals surface area (Å²) >= 11 is 0. The van der Waals surface area contributed by atoms with Crippen molar-refractivity contribution in [3.63, 3.8) is 0 Å². The molecule has 0 radical (unpaired) electrons. The summed E-state index contributed by atoms with van der Waals surface area (Å²) in [6.07, 6.45) is 1.56. The monoisotopic (exact) mass is 407 g/mol. The van der Waals surface area contributed by atoms with Gasteiger partial charge in [-0.25, -0.2) is 14.8 Å². The minimum Gasteiger partial charge on any atom is -0.493 e. The summed E-state index contributed by atoms with van der Waals surface area (Å²) in [6.45, 7) is 2.62. The minimum atomic E-state index is -0.000184. The van der Waals surface area contributed by atoms with E-state index in [1.54, 1.807) is 25.4 Å². The van der Waals surface area contributed by atoms with Crippen molar-refractivity contribution >= 4 is 28.4 Å². The van der Waals surface area contributed by atoms with Crippen LogP contribution in [0.5, 0.6) is 11.5 Å². The van der Waals surface area contributed by atoms with Gasteiger partial charge in [0, 0.05) is 50.4 Å². The van der Waals surface area contributed by atoms with Crippen LogP contribution in [0.4, 0.5) is 16.3 Å².